The third kappa shape index (κ3) is 4.07. The van der Waals surface area contributed by atoms with Crippen LogP contribution < -0.4 is 15.0 Å². The van der Waals surface area contributed by atoms with Crippen molar-refractivity contribution in [1.82, 2.24) is 10.3 Å². The average molecular weight is 412 g/mol. The molecule has 4 rings (SSSR count). The van der Waals surface area contributed by atoms with Crippen LogP contribution in [0.15, 0.2) is 48.7 Å². The van der Waals surface area contributed by atoms with Crippen LogP contribution in [0.5, 0.6) is 5.75 Å². The van der Waals surface area contributed by atoms with E-state index in [2.05, 4.69) is 10.3 Å². The monoisotopic (exact) mass is 411 g/mol. The zero-order valence-corrected chi connectivity index (χ0v) is 16.8. The molecule has 0 aliphatic carbocycles. The Hall–Kier alpha value is -2.99. The summed E-state index contributed by atoms with van der Waals surface area (Å²) in [6, 6.07) is 13.0. The lowest BCUT2D eigenvalue weighted by atomic mass is 10.1. The van der Waals surface area contributed by atoms with Gasteiger partial charge in [0, 0.05) is 47.3 Å². The highest BCUT2D eigenvalue weighted by Gasteiger charge is 2.34. The molecule has 1 fully saturated rings. The Morgan fingerprint density at radius 3 is 2.83 bits per heavy atom. The molecule has 2 heterocycles. The first-order chi connectivity index (χ1) is 14.0. The first-order valence-corrected chi connectivity index (χ1v) is 9.90. The molecular formula is C22H22ClN3O3. The normalized spacial score (nSPS) is 16.4. The Bertz CT molecular complexity index is 1050. The Kier molecular flexibility index (Phi) is 5.45. The lowest BCUT2D eigenvalue weighted by Gasteiger charge is -2.17. The van der Waals surface area contributed by atoms with Gasteiger partial charge in [-0.3, -0.25) is 9.59 Å². The Morgan fingerprint density at radius 1 is 1.28 bits per heavy atom. The van der Waals surface area contributed by atoms with Crippen LogP contribution in [0.3, 0.4) is 0 Å². The fourth-order valence-corrected chi connectivity index (χ4v) is 3.89. The Labute approximate surface area is 173 Å². The van der Waals surface area contributed by atoms with Crippen molar-refractivity contribution in [3.05, 3.63) is 59.2 Å². The number of fused-ring (bicyclic) bond motifs is 1. The summed E-state index contributed by atoms with van der Waals surface area (Å²) in [5.74, 6) is 0.254. The molecule has 0 bridgehead atoms. The molecule has 7 heteroatoms. The molecule has 1 aliphatic rings. The number of hydrogen-bond acceptors (Lipinski definition) is 3. The van der Waals surface area contributed by atoms with Gasteiger partial charge >= 0.3 is 0 Å². The Morgan fingerprint density at radius 2 is 2.07 bits per heavy atom. The first-order valence-electron chi connectivity index (χ1n) is 9.53. The van der Waals surface area contributed by atoms with Crippen LogP contribution in [-0.2, 0) is 16.0 Å². The summed E-state index contributed by atoms with van der Waals surface area (Å²) in [6.07, 6.45) is 2.85. The molecule has 0 saturated carbocycles. The highest BCUT2D eigenvalue weighted by atomic mass is 35.5. The minimum absolute atomic E-state index is 0.0402. The standard InChI is InChI=1S/C22H22ClN3O3/c1-29-18-5-3-17(4-6-18)26-13-15(10-21(26)27)22(28)24-9-8-14-12-25-20-7-2-16(23)11-19(14)20/h2-7,11-12,15,25H,8-10,13H2,1H3,(H,24,28). The van der Waals surface area contributed by atoms with Gasteiger partial charge in [0.05, 0.1) is 13.0 Å². The fraction of sp³-hybridized carbons (Fsp3) is 0.273. The summed E-state index contributed by atoms with van der Waals surface area (Å²) < 4.78 is 5.15. The molecule has 0 spiro atoms. The molecule has 1 saturated heterocycles. The van der Waals surface area contributed by atoms with E-state index in [0.29, 0.717) is 24.5 Å². The lowest BCUT2D eigenvalue weighted by Crippen LogP contribution is -2.34. The summed E-state index contributed by atoms with van der Waals surface area (Å²) in [5, 5.41) is 4.72. The summed E-state index contributed by atoms with van der Waals surface area (Å²) in [5.41, 5.74) is 2.90. The van der Waals surface area contributed by atoms with Gasteiger partial charge in [-0.25, -0.2) is 0 Å². The molecule has 2 N–H and O–H groups in total. The second-order valence-corrected chi connectivity index (χ2v) is 7.58. The number of halogens is 1. The maximum Gasteiger partial charge on any atom is 0.227 e. The van der Waals surface area contributed by atoms with E-state index >= 15 is 0 Å². The molecule has 1 unspecified atom stereocenters. The van der Waals surface area contributed by atoms with Gasteiger partial charge in [-0.1, -0.05) is 11.6 Å². The van der Waals surface area contributed by atoms with Crippen molar-refractivity contribution in [3.63, 3.8) is 0 Å². The molecule has 1 atom stereocenters. The predicted molar refractivity (Wildman–Crippen MR) is 113 cm³/mol. The van der Waals surface area contributed by atoms with Gasteiger partial charge in [0.2, 0.25) is 11.8 Å². The molecule has 1 aliphatic heterocycles. The summed E-state index contributed by atoms with van der Waals surface area (Å²) in [6.45, 7) is 0.894. The average Bonchev–Trinajstić information content (AvgIpc) is 3.31. The molecule has 2 aromatic carbocycles. The number of nitrogens with zero attached hydrogens (tertiary/aromatic N) is 1. The van der Waals surface area contributed by atoms with Gasteiger partial charge in [-0.05, 0) is 54.4 Å². The predicted octanol–water partition coefficient (Wildman–Crippen LogP) is 3.54. The minimum atomic E-state index is -0.345. The Balaban J connectivity index is 1.34. The molecule has 29 heavy (non-hydrogen) atoms. The first kappa shape index (κ1) is 19.3. The van der Waals surface area contributed by atoms with E-state index in [4.69, 9.17) is 16.3 Å². The molecule has 0 radical (unpaired) electrons. The highest BCUT2D eigenvalue weighted by Crippen LogP contribution is 2.27. The van der Waals surface area contributed by atoms with Crippen molar-refractivity contribution in [1.29, 1.82) is 0 Å². The topological polar surface area (TPSA) is 74.4 Å². The van der Waals surface area contributed by atoms with Crippen molar-refractivity contribution in [2.24, 2.45) is 5.92 Å². The van der Waals surface area contributed by atoms with Gasteiger partial charge in [-0.2, -0.15) is 0 Å². The summed E-state index contributed by atoms with van der Waals surface area (Å²) in [4.78, 5) is 29.8. The third-order valence-corrected chi connectivity index (χ3v) is 5.54. The molecular weight excluding hydrogens is 390 g/mol. The van der Waals surface area contributed by atoms with Gasteiger partial charge in [-0.15, -0.1) is 0 Å². The van der Waals surface area contributed by atoms with E-state index in [9.17, 15) is 9.59 Å². The molecule has 150 valence electrons. The van der Waals surface area contributed by atoms with Crippen LogP contribution in [0.4, 0.5) is 5.69 Å². The number of aromatic nitrogens is 1. The number of benzene rings is 2. The van der Waals surface area contributed by atoms with Crippen molar-refractivity contribution in [3.8, 4) is 5.75 Å². The maximum absolute atomic E-state index is 12.6. The van der Waals surface area contributed by atoms with E-state index in [1.165, 1.54) is 0 Å². The molecule has 1 aromatic heterocycles. The summed E-state index contributed by atoms with van der Waals surface area (Å²) >= 11 is 6.09. The number of ether oxygens (including phenoxy) is 1. The maximum atomic E-state index is 12.6. The van der Waals surface area contributed by atoms with Crippen LogP contribution in [-0.4, -0.2) is 37.0 Å². The van der Waals surface area contributed by atoms with Gasteiger partial charge in [0.15, 0.2) is 0 Å². The lowest BCUT2D eigenvalue weighted by molar-refractivity contribution is -0.126. The minimum Gasteiger partial charge on any atom is -0.497 e. The number of nitrogens with one attached hydrogen (secondary N) is 2. The number of methoxy groups -OCH3 is 1. The number of rotatable bonds is 6. The SMILES string of the molecule is COc1ccc(N2CC(C(=O)NCCc3c[nH]c4ccc(Cl)cc34)CC2=O)cc1. The number of hydrogen-bond donors (Lipinski definition) is 2. The van der Waals surface area contributed by atoms with Crippen LogP contribution in [0.25, 0.3) is 10.9 Å². The van der Waals surface area contributed by atoms with E-state index in [1.54, 1.807) is 12.0 Å². The number of aromatic amines is 1. The van der Waals surface area contributed by atoms with Crippen molar-refractivity contribution in [2.75, 3.05) is 25.1 Å². The molecule has 3 aromatic rings. The number of carbonyl (C=O) groups is 2. The quantitative estimate of drug-likeness (QED) is 0.651. The van der Waals surface area contributed by atoms with Crippen molar-refractivity contribution in [2.45, 2.75) is 12.8 Å². The van der Waals surface area contributed by atoms with Crippen molar-refractivity contribution >= 4 is 40.0 Å². The van der Waals surface area contributed by atoms with E-state index < -0.39 is 0 Å². The van der Waals surface area contributed by atoms with E-state index in [-0.39, 0.29) is 24.2 Å². The number of carbonyl (C=O) groups excluding carboxylic acids is 2. The van der Waals surface area contributed by atoms with Gasteiger partial charge in [0.1, 0.15) is 5.75 Å². The molecule has 6 nitrogen and oxygen atoms in total. The fourth-order valence-electron chi connectivity index (χ4n) is 3.72. The van der Waals surface area contributed by atoms with Crippen LogP contribution in [0.2, 0.25) is 5.02 Å². The number of amides is 2. The molecule has 2 amide bonds. The van der Waals surface area contributed by atoms with Crippen LogP contribution in [0.1, 0.15) is 12.0 Å². The van der Waals surface area contributed by atoms with Gasteiger partial charge < -0.3 is 19.9 Å². The third-order valence-electron chi connectivity index (χ3n) is 5.30. The largest absolute Gasteiger partial charge is 0.497 e. The zero-order valence-electron chi connectivity index (χ0n) is 16.1. The summed E-state index contributed by atoms with van der Waals surface area (Å²) in [7, 11) is 1.60. The number of H-pyrrole nitrogens is 1. The van der Waals surface area contributed by atoms with E-state index in [0.717, 1.165) is 27.9 Å². The van der Waals surface area contributed by atoms with Crippen LogP contribution in [0, 0.1) is 5.92 Å². The second kappa shape index (κ2) is 8.17. The number of anilines is 1. The van der Waals surface area contributed by atoms with Crippen LogP contribution >= 0.6 is 11.6 Å². The van der Waals surface area contributed by atoms with Crippen molar-refractivity contribution < 1.29 is 14.3 Å². The van der Waals surface area contributed by atoms with E-state index in [1.807, 2.05) is 48.7 Å². The second-order valence-electron chi connectivity index (χ2n) is 7.15. The highest BCUT2D eigenvalue weighted by molar-refractivity contribution is 6.31. The van der Waals surface area contributed by atoms with Gasteiger partial charge in [0.25, 0.3) is 0 Å². The zero-order chi connectivity index (χ0) is 20.4. The smallest absolute Gasteiger partial charge is 0.227 e.